The minimum absolute atomic E-state index is 0.0590. The Morgan fingerprint density at radius 1 is 1.43 bits per heavy atom. The molecule has 1 fully saturated rings. The SMILES string of the molecule is CC(C)c1nnc(C2COCCN2)o1. The summed E-state index contributed by atoms with van der Waals surface area (Å²) in [7, 11) is 0. The molecule has 0 aliphatic carbocycles. The number of rotatable bonds is 2. The van der Waals surface area contributed by atoms with Crippen molar-refractivity contribution in [1.82, 2.24) is 15.5 Å². The standard InChI is InChI=1S/C9H15N3O2/c1-6(2)8-11-12-9(14-8)7-5-13-4-3-10-7/h6-7,10H,3-5H2,1-2H3. The average Bonchev–Trinajstić information content (AvgIpc) is 2.68. The van der Waals surface area contributed by atoms with E-state index in [2.05, 4.69) is 15.5 Å². The Bertz CT molecular complexity index is 292. The Kier molecular flexibility index (Phi) is 2.79. The number of aromatic nitrogens is 2. The van der Waals surface area contributed by atoms with Crippen LogP contribution in [0.15, 0.2) is 4.42 Å². The van der Waals surface area contributed by atoms with Crippen LogP contribution in [-0.2, 0) is 4.74 Å². The molecule has 2 rings (SSSR count). The zero-order valence-electron chi connectivity index (χ0n) is 8.49. The molecule has 0 bridgehead atoms. The largest absolute Gasteiger partial charge is 0.423 e. The van der Waals surface area contributed by atoms with Crippen LogP contribution in [0.4, 0.5) is 0 Å². The van der Waals surface area contributed by atoms with Crippen molar-refractivity contribution in [2.45, 2.75) is 25.8 Å². The molecule has 0 saturated carbocycles. The first kappa shape index (κ1) is 9.61. The summed E-state index contributed by atoms with van der Waals surface area (Å²) < 4.78 is 10.8. The first-order valence-electron chi connectivity index (χ1n) is 4.92. The fourth-order valence-electron chi connectivity index (χ4n) is 1.34. The second-order valence-corrected chi connectivity index (χ2v) is 3.71. The van der Waals surface area contributed by atoms with Crippen LogP contribution in [0.1, 0.15) is 37.6 Å². The monoisotopic (exact) mass is 197 g/mol. The lowest BCUT2D eigenvalue weighted by Gasteiger charge is -2.20. The molecule has 1 saturated heterocycles. The molecule has 1 unspecified atom stereocenters. The predicted molar refractivity (Wildman–Crippen MR) is 49.9 cm³/mol. The summed E-state index contributed by atoms with van der Waals surface area (Å²) in [5.41, 5.74) is 0. The van der Waals surface area contributed by atoms with E-state index in [9.17, 15) is 0 Å². The first-order chi connectivity index (χ1) is 6.77. The van der Waals surface area contributed by atoms with Crippen LogP contribution < -0.4 is 5.32 Å². The third kappa shape index (κ3) is 1.93. The highest BCUT2D eigenvalue weighted by atomic mass is 16.5. The van der Waals surface area contributed by atoms with Crippen LogP contribution in [0.2, 0.25) is 0 Å². The van der Waals surface area contributed by atoms with E-state index in [0.717, 1.165) is 13.2 Å². The Hall–Kier alpha value is -0.940. The lowest BCUT2D eigenvalue weighted by Crippen LogP contribution is -2.34. The minimum Gasteiger partial charge on any atom is -0.423 e. The molecule has 1 atom stereocenters. The van der Waals surface area contributed by atoms with Gasteiger partial charge in [-0.25, -0.2) is 0 Å². The van der Waals surface area contributed by atoms with E-state index in [1.807, 2.05) is 13.8 Å². The summed E-state index contributed by atoms with van der Waals surface area (Å²) in [6, 6.07) is 0.0590. The molecular weight excluding hydrogens is 182 g/mol. The van der Waals surface area contributed by atoms with E-state index in [-0.39, 0.29) is 12.0 Å². The smallest absolute Gasteiger partial charge is 0.235 e. The van der Waals surface area contributed by atoms with Crippen molar-refractivity contribution in [3.8, 4) is 0 Å². The Balaban J connectivity index is 2.07. The lowest BCUT2D eigenvalue weighted by molar-refractivity contribution is 0.0676. The van der Waals surface area contributed by atoms with Crippen LogP contribution >= 0.6 is 0 Å². The molecule has 5 nitrogen and oxygen atoms in total. The quantitative estimate of drug-likeness (QED) is 0.761. The summed E-state index contributed by atoms with van der Waals surface area (Å²) >= 11 is 0. The lowest BCUT2D eigenvalue weighted by atomic mass is 10.2. The zero-order valence-corrected chi connectivity index (χ0v) is 8.49. The van der Waals surface area contributed by atoms with Crippen LogP contribution in [0.3, 0.4) is 0 Å². The molecule has 78 valence electrons. The maximum absolute atomic E-state index is 5.52. The third-order valence-corrected chi connectivity index (χ3v) is 2.17. The van der Waals surface area contributed by atoms with Gasteiger partial charge in [0.2, 0.25) is 11.8 Å². The van der Waals surface area contributed by atoms with Gasteiger partial charge in [-0.3, -0.25) is 0 Å². The highest BCUT2D eigenvalue weighted by Crippen LogP contribution is 2.18. The Labute approximate surface area is 82.8 Å². The molecule has 0 spiro atoms. The van der Waals surface area contributed by atoms with Gasteiger partial charge in [-0.2, -0.15) is 0 Å². The van der Waals surface area contributed by atoms with Gasteiger partial charge >= 0.3 is 0 Å². The number of hydrogen-bond donors (Lipinski definition) is 1. The predicted octanol–water partition coefficient (Wildman–Crippen LogP) is 0.854. The summed E-state index contributed by atoms with van der Waals surface area (Å²) in [6.07, 6.45) is 0. The van der Waals surface area contributed by atoms with Gasteiger partial charge in [0.05, 0.1) is 13.2 Å². The maximum Gasteiger partial charge on any atom is 0.235 e. The molecule has 1 N–H and O–H groups in total. The molecule has 0 radical (unpaired) electrons. The van der Waals surface area contributed by atoms with Crippen LogP contribution in [0.5, 0.6) is 0 Å². The van der Waals surface area contributed by atoms with Crippen molar-refractivity contribution in [2.24, 2.45) is 0 Å². The number of nitrogens with one attached hydrogen (secondary N) is 1. The fourth-order valence-corrected chi connectivity index (χ4v) is 1.34. The van der Waals surface area contributed by atoms with Crippen LogP contribution in [0.25, 0.3) is 0 Å². The molecular formula is C9H15N3O2. The van der Waals surface area contributed by atoms with Gasteiger partial charge in [0, 0.05) is 12.5 Å². The Morgan fingerprint density at radius 3 is 2.86 bits per heavy atom. The van der Waals surface area contributed by atoms with E-state index < -0.39 is 0 Å². The third-order valence-electron chi connectivity index (χ3n) is 2.17. The average molecular weight is 197 g/mol. The molecule has 1 aliphatic rings. The van der Waals surface area contributed by atoms with Gasteiger partial charge in [-0.05, 0) is 0 Å². The van der Waals surface area contributed by atoms with Crippen molar-refractivity contribution in [1.29, 1.82) is 0 Å². The number of nitrogens with zero attached hydrogens (tertiary/aromatic N) is 2. The van der Waals surface area contributed by atoms with Crippen molar-refractivity contribution in [2.75, 3.05) is 19.8 Å². The summed E-state index contributed by atoms with van der Waals surface area (Å²) in [4.78, 5) is 0. The number of morpholine rings is 1. The highest BCUT2D eigenvalue weighted by Gasteiger charge is 2.21. The fraction of sp³-hybridized carbons (Fsp3) is 0.778. The molecule has 2 heterocycles. The van der Waals surface area contributed by atoms with Gasteiger partial charge in [-0.1, -0.05) is 13.8 Å². The van der Waals surface area contributed by atoms with Crippen molar-refractivity contribution < 1.29 is 9.15 Å². The van der Waals surface area contributed by atoms with Crippen LogP contribution in [-0.4, -0.2) is 30.0 Å². The van der Waals surface area contributed by atoms with Gasteiger partial charge in [0.1, 0.15) is 6.04 Å². The molecule has 1 aromatic heterocycles. The van der Waals surface area contributed by atoms with Gasteiger partial charge in [0.25, 0.3) is 0 Å². The topological polar surface area (TPSA) is 60.2 Å². The van der Waals surface area contributed by atoms with E-state index in [0.29, 0.717) is 18.4 Å². The zero-order chi connectivity index (χ0) is 9.97. The normalized spacial score (nSPS) is 22.9. The van der Waals surface area contributed by atoms with Crippen molar-refractivity contribution >= 4 is 0 Å². The van der Waals surface area contributed by atoms with Crippen molar-refractivity contribution in [3.63, 3.8) is 0 Å². The van der Waals surface area contributed by atoms with Gasteiger partial charge in [0.15, 0.2) is 0 Å². The Morgan fingerprint density at radius 2 is 2.29 bits per heavy atom. The second kappa shape index (κ2) is 4.06. The van der Waals surface area contributed by atoms with Crippen molar-refractivity contribution in [3.05, 3.63) is 11.8 Å². The number of ether oxygens (including phenoxy) is 1. The summed E-state index contributed by atoms with van der Waals surface area (Å²) in [6.45, 7) is 6.26. The van der Waals surface area contributed by atoms with E-state index in [1.54, 1.807) is 0 Å². The van der Waals surface area contributed by atoms with Gasteiger partial charge in [-0.15, -0.1) is 10.2 Å². The molecule has 1 aromatic rings. The molecule has 1 aliphatic heterocycles. The van der Waals surface area contributed by atoms with E-state index in [1.165, 1.54) is 0 Å². The second-order valence-electron chi connectivity index (χ2n) is 3.71. The molecule has 5 heteroatoms. The number of hydrogen-bond acceptors (Lipinski definition) is 5. The van der Waals surface area contributed by atoms with E-state index in [4.69, 9.17) is 9.15 Å². The first-order valence-corrected chi connectivity index (χ1v) is 4.92. The molecule has 14 heavy (non-hydrogen) atoms. The highest BCUT2D eigenvalue weighted by molar-refractivity contribution is 4.93. The van der Waals surface area contributed by atoms with Gasteiger partial charge < -0.3 is 14.5 Å². The minimum atomic E-state index is 0.0590. The summed E-state index contributed by atoms with van der Waals surface area (Å²) in [5, 5.41) is 11.2. The van der Waals surface area contributed by atoms with E-state index >= 15 is 0 Å². The summed E-state index contributed by atoms with van der Waals surface area (Å²) in [5.74, 6) is 1.60. The van der Waals surface area contributed by atoms with Crippen LogP contribution in [0, 0.1) is 0 Å². The molecule has 0 aromatic carbocycles. The maximum atomic E-state index is 5.52. The molecule has 0 amide bonds.